The summed E-state index contributed by atoms with van der Waals surface area (Å²) in [7, 11) is 0. The highest BCUT2D eigenvalue weighted by Crippen LogP contribution is 2.10. The number of esters is 1. The molecule has 2 heterocycles. The van der Waals surface area contributed by atoms with Crippen molar-refractivity contribution in [1.29, 1.82) is 0 Å². The number of nitrogens with two attached hydrogens (primary N) is 1. The largest absolute Gasteiger partial charge is 0.455 e. The van der Waals surface area contributed by atoms with Gasteiger partial charge in [0.25, 0.3) is 0 Å². The highest BCUT2D eigenvalue weighted by molar-refractivity contribution is 5.89. The number of halogens is 2. The Morgan fingerprint density at radius 3 is 2.73 bits per heavy atom. The minimum absolute atomic E-state index is 0. The molecular weight excluding hydrogens is 363 g/mol. The lowest BCUT2D eigenvalue weighted by Crippen LogP contribution is -2.07. The number of hydrogen-bond donors (Lipinski definition) is 1. The van der Waals surface area contributed by atoms with Crippen LogP contribution in [0.25, 0.3) is 0 Å². The minimum atomic E-state index is -0.564. The number of hydrogen-bond acceptors (Lipinski definition) is 7. The molecule has 3 aromatic rings. The number of nitrogen functional groups attached to an aromatic ring is 1. The van der Waals surface area contributed by atoms with E-state index in [-0.39, 0.29) is 24.6 Å². The number of aryl methyl sites for hydroxylation is 1. The zero-order valence-corrected chi connectivity index (χ0v) is 14.6. The molecule has 0 fully saturated rings. The summed E-state index contributed by atoms with van der Waals surface area (Å²) < 4.78 is 19.5. The zero-order valence-electron chi connectivity index (χ0n) is 13.8. The second-order valence-corrected chi connectivity index (χ2v) is 5.32. The van der Waals surface area contributed by atoms with Crippen LogP contribution in [0.2, 0.25) is 0 Å². The second kappa shape index (κ2) is 8.34. The van der Waals surface area contributed by atoms with Gasteiger partial charge in [0.2, 0.25) is 0 Å². The molecule has 3 rings (SSSR count). The van der Waals surface area contributed by atoms with Gasteiger partial charge in [-0.1, -0.05) is 5.21 Å². The predicted octanol–water partition coefficient (Wildman–Crippen LogP) is 1.92. The molecule has 10 heteroatoms. The van der Waals surface area contributed by atoms with Gasteiger partial charge in [-0.05, 0) is 31.2 Å². The van der Waals surface area contributed by atoms with Crippen molar-refractivity contribution in [2.45, 2.75) is 20.1 Å². The number of ether oxygens (including phenoxy) is 1. The molecule has 1 aromatic carbocycles. The number of aromatic nitrogens is 5. The van der Waals surface area contributed by atoms with Crippen LogP contribution in [0.15, 0.2) is 36.7 Å². The maximum Gasteiger partial charge on any atom is 0.338 e. The molecule has 0 unspecified atom stereocenters. The highest BCUT2D eigenvalue weighted by Gasteiger charge is 2.10. The van der Waals surface area contributed by atoms with Crippen LogP contribution in [0.4, 0.5) is 10.2 Å². The Labute approximate surface area is 154 Å². The van der Waals surface area contributed by atoms with Gasteiger partial charge >= 0.3 is 5.97 Å². The van der Waals surface area contributed by atoms with Gasteiger partial charge in [-0.3, -0.25) is 0 Å². The third kappa shape index (κ3) is 4.73. The standard InChI is InChI=1S/C16H15FN6O2.ClH/c1-10-19-6-12(15(18)20-10)7-23-8-14(21-22-23)9-25-16(24)11-2-4-13(17)5-3-11;/h2-6,8H,7,9H2,1H3,(H2,18,19,20);1H. The lowest BCUT2D eigenvalue weighted by Gasteiger charge is -2.04. The van der Waals surface area contributed by atoms with Crippen molar-refractivity contribution in [3.8, 4) is 0 Å². The summed E-state index contributed by atoms with van der Waals surface area (Å²) in [4.78, 5) is 20.0. The summed E-state index contributed by atoms with van der Waals surface area (Å²) in [6.07, 6.45) is 3.27. The van der Waals surface area contributed by atoms with E-state index in [0.29, 0.717) is 29.4 Å². The predicted molar refractivity (Wildman–Crippen MR) is 93.1 cm³/mol. The first-order valence-electron chi connectivity index (χ1n) is 7.41. The molecule has 26 heavy (non-hydrogen) atoms. The van der Waals surface area contributed by atoms with Crippen molar-refractivity contribution in [3.05, 3.63) is 65.1 Å². The Hall–Kier alpha value is -3.07. The highest BCUT2D eigenvalue weighted by atomic mass is 35.5. The van der Waals surface area contributed by atoms with E-state index in [0.717, 1.165) is 0 Å². The van der Waals surface area contributed by atoms with E-state index in [1.807, 2.05) is 0 Å². The van der Waals surface area contributed by atoms with E-state index in [4.69, 9.17) is 10.5 Å². The molecule has 0 aliphatic carbocycles. The Kier molecular flexibility index (Phi) is 6.18. The first kappa shape index (κ1) is 19.3. The molecule has 0 spiro atoms. The lowest BCUT2D eigenvalue weighted by atomic mass is 10.2. The monoisotopic (exact) mass is 378 g/mol. The maximum atomic E-state index is 12.8. The Morgan fingerprint density at radius 2 is 2.04 bits per heavy atom. The molecule has 0 saturated heterocycles. The van der Waals surface area contributed by atoms with Gasteiger partial charge in [0.1, 0.15) is 29.8 Å². The zero-order chi connectivity index (χ0) is 17.8. The number of rotatable bonds is 5. The lowest BCUT2D eigenvalue weighted by molar-refractivity contribution is 0.0467. The average molecular weight is 379 g/mol. The van der Waals surface area contributed by atoms with Crippen molar-refractivity contribution in [2.75, 3.05) is 5.73 Å². The number of nitrogens with zero attached hydrogens (tertiary/aromatic N) is 5. The van der Waals surface area contributed by atoms with Crippen LogP contribution < -0.4 is 5.73 Å². The molecule has 0 aliphatic rings. The topological polar surface area (TPSA) is 109 Å². The van der Waals surface area contributed by atoms with Gasteiger partial charge < -0.3 is 10.5 Å². The summed E-state index contributed by atoms with van der Waals surface area (Å²) in [5.41, 5.74) is 7.29. The number of benzene rings is 1. The van der Waals surface area contributed by atoms with Gasteiger partial charge in [-0.15, -0.1) is 17.5 Å². The smallest absolute Gasteiger partial charge is 0.338 e. The fourth-order valence-electron chi connectivity index (χ4n) is 2.10. The normalized spacial score (nSPS) is 10.2. The second-order valence-electron chi connectivity index (χ2n) is 5.32. The molecule has 0 atom stereocenters. The van der Waals surface area contributed by atoms with Crippen molar-refractivity contribution in [3.63, 3.8) is 0 Å². The van der Waals surface area contributed by atoms with Crippen LogP contribution in [0.3, 0.4) is 0 Å². The fourth-order valence-corrected chi connectivity index (χ4v) is 2.10. The molecule has 8 nitrogen and oxygen atoms in total. The van der Waals surface area contributed by atoms with E-state index in [2.05, 4.69) is 20.3 Å². The van der Waals surface area contributed by atoms with Crippen molar-refractivity contribution in [2.24, 2.45) is 0 Å². The molecule has 0 saturated carbocycles. The first-order valence-corrected chi connectivity index (χ1v) is 7.41. The van der Waals surface area contributed by atoms with Gasteiger partial charge in [0, 0.05) is 11.8 Å². The molecule has 0 radical (unpaired) electrons. The summed E-state index contributed by atoms with van der Waals surface area (Å²) in [6, 6.07) is 5.10. The fraction of sp³-hybridized carbons (Fsp3) is 0.188. The van der Waals surface area contributed by atoms with Crippen LogP contribution in [-0.4, -0.2) is 30.9 Å². The molecular formula is C16H16ClFN6O2. The van der Waals surface area contributed by atoms with Crippen LogP contribution in [0.1, 0.15) is 27.4 Å². The quantitative estimate of drug-likeness (QED) is 0.675. The van der Waals surface area contributed by atoms with E-state index < -0.39 is 11.8 Å². The number of carbonyl (C=O) groups is 1. The third-order valence-electron chi connectivity index (χ3n) is 3.37. The first-order chi connectivity index (χ1) is 12.0. The molecule has 0 bridgehead atoms. The van der Waals surface area contributed by atoms with E-state index in [1.54, 1.807) is 24.0 Å². The Morgan fingerprint density at radius 1 is 1.31 bits per heavy atom. The van der Waals surface area contributed by atoms with Crippen molar-refractivity contribution >= 4 is 24.2 Å². The SMILES string of the molecule is Cc1ncc(Cn2cc(COC(=O)c3ccc(F)cc3)nn2)c(N)n1.Cl. The molecule has 2 N–H and O–H groups in total. The molecule has 0 aliphatic heterocycles. The molecule has 2 aromatic heterocycles. The van der Waals surface area contributed by atoms with Gasteiger partial charge in [0.05, 0.1) is 18.3 Å². The van der Waals surface area contributed by atoms with Crippen LogP contribution >= 0.6 is 12.4 Å². The summed E-state index contributed by atoms with van der Waals surface area (Å²) in [6.45, 7) is 2.06. The maximum absolute atomic E-state index is 12.8. The molecule has 136 valence electrons. The van der Waals surface area contributed by atoms with Crippen molar-refractivity contribution < 1.29 is 13.9 Å². The van der Waals surface area contributed by atoms with Gasteiger partial charge in [-0.25, -0.2) is 23.8 Å². The van der Waals surface area contributed by atoms with Crippen LogP contribution in [0.5, 0.6) is 0 Å². The van der Waals surface area contributed by atoms with Gasteiger partial charge in [-0.2, -0.15) is 0 Å². The number of anilines is 1. The third-order valence-corrected chi connectivity index (χ3v) is 3.37. The Bertz CT molecular complexity index is 900. The Balaban J connectivity index is 0.00000243. The molecule has 0 amide bonds. The van der Waals surface area contributed by atoms with Crippen molar-refractivity contribution in [1.82, 2.24) is 25.0 Å². The number of carbonyl (C=O) groups excluding carboxylic acids is 1. The summed E-state index contributed by atoms with van der Waals surface area (Å²) in [5, 5.41) is 7.89. The summed E-state index contributed by atoms with van der Waals surface area (Å²) >= 11 is 0. The van der Waals surface area contributed by atoms with E-state index in [9.17, 15) is 9.18 Å². The van der Waals surface area contributed by atoms with Crippen LogP contribution in [-0.2, 0) is 17.9 Å². The minimum Gasteiger partial charge on any atom is -0.455 e. The van der Waals surface area contributed by atoms with Gasteiger partial charge in [0.15, 0.2) is 0 Å². The summed E-state index contributed by atoms with van der Waals surface area (Å²) in [5.74, 6) is -0.00916. The van der Waals surface area contributed by atoms with E-state index in [1.165, 1.54) is 24.3 Å². The van der Waals surface area contributed by atoms with Crippen LogP contribution in [0, 0.1) is 12.7 Å². The average Bonchev–Trinajstić information content (AvgIpc) is 3.03. The van der Waals surface area contributed by atoms with E-state index >= 15 is 0 Å².